The molecule has 1 N–H and O–H groups in total. The van der Waals surface area contributed by atoms with Crippen LogP contribution in [0.2, 0.25) is 0 Å². The van der Waals surface area contributed by atoms with E-state index >= 15 is 0 Å². The van der Waals surface area contributed by atoms with Gasteiger partial charge in [0.05, 0.1) is 17.4 Å². The molecule has 1 atom stereocenters. The molecule has 2 heterocycles. The summed E-state index contributed by atoms with van der Waals surface area (Å²) in [6.45, 7) is 2.43. The molecular formula is C20H24N2O5S2. The van der Waals surface area contributed by atoms with E-state index in [1.807, 2.05) is 17.5 Å². The molecule has 0 bridgehead atoms. The molecule has 156 valence electrons. The van der Waals surface area contributed by atoms with Gasteiger partial charge in [0.25, 0.3) is 5.91 Å². The highest BCUT2D eigenvalue weighted by molar-refractivity contribution is 7.89. The van der Waals surface area contributed by atoms with Gasteiger partial charge in [0.2, 0.25) is 10.0 Å². The second kappa shape index (κ2) is 9.51. The van der Waals surface area contributed by atoms with E-state index in [9.17, 15) is 18.0 Å². The maximum Gasteiger partial charge on any atom is 0.309 e. The first-order valence-corrected chi connectivity index (χ1v) is 11.8. The van der Waals surface area contributed by atoms with Gasteiger partial charge in [-0.25, -0.2) is 8.42 Å². The van der Waals surface area contributed by atoms with Gasteiger partial charge in [-0.05, 0) is 43.3 Å². The normalized spacial score (nSPS) is 16.9. The number of hydrogen-bond donors (Lipinski definition) is 1. The summed E-state index contributed by atoms with van der Waals surface area (Å²) in [5.74, 6) is -1.22. The van der Waals surface area contributed by atoms with Gasteiger partial charge in [0.15, 0.2) is 6.10 Å². The van der Waals surface area contributed by atoms with Crippen LogP contribution in [0.25, 0.3) is 0 Å². The second-order valence-electron chi connectivity index (χ2n) is 6.87. The Labute approximate surface area is 174 Å². The minimum absolute atomic E-state index is 0.246. The standard InChI is InChI=1S/C20H24N2O5S2/c1-15(19(23)21-14-17-6-5-13-28-17)27-20(24)16-9-11-22(12-10-16)29(25,26)18-7-3-2-4-8-18/h2-8,13,15-16H,9-12,14H2,1H3,(H,21,23). The number of sulfonamides is 1. The number of carbonyl (C=O) groups is 2. The quantitative estimate of drug-likeness (QED) is 0.673. The fourth-order valence-corrected chi connectivity index (χ4v) is 5.26. The van der Waals surface area contributed by atoms with Crippen LogP contribution in [0.4, 0.5) is 0 Å². The monoisotopic (exact) mass is 436 g/mol. The summed E-state index contributed by atoms with van der Waals surface area (Å²) >= 11 is 1.54. The van der Waals surface area contributed by atoms with Crippen molar-refractivity contribution in [2.24, 2.45) is 5.92 Å². The number of nitrogens with zero attached hydrogens (tertiary/aromatic N) is 1. The molecule has 0 saturated carbocycles. The highest BCUT2D eigenvalue weighted by Crippen LogP contribution is 2.24. The fraction of sp³-hybridized carbons (Fsp3) is 0.400. The van der Waals surface area contributed by atoms with Gasteiger partial charge < -0.3 is 10.1 Å². The third kappa shape index (κ3) is 5.43. The lowest BCUT2D eigenvalue weighted by molar-refractivity contribution is -0.159. The van der Waals surface area contributed by atoms with Crippen molar-refractivity contribution in [2.45, 2.75) is 37.3 Å². The Bertz CT molecular complexity index is 921. The molecule has 2 aromatic rings. The number of carbonyl (C=O) groups excluding carboxylic acids is 2. The Morgan fingerprint density at radius 1 is 1.17 bits per heavy atom. The van der Waals surface area contributed by atoms with Crippen molar-refractivity contribution in [1.29, 1.82) is 0 Å². The van der Waals surface area contributed by atoms with Crippen LogP contribution >= 0.6 is 11.3 Å². The Morgan fingerprint density at radius 3 is 2.48 bits per heavy atom. The zero-order valence-electron chi connectivity index (χ0n) is 16.1. The maximum absolute atomic E-state index is 12.7. The summed E-state index contributed by atoms with van der Waals surface area (Å²) < 4.78 is 32.0. The molecule has 1 aromatic carbocycles. The fourth-order valence-electron chi connectivity index (χ4n) is 3.13. The third-order valence-corrected chi connectivity index (χ3v) is 7.64. The van der Waals surface area contributed by atoms with E-state index in [-0.39, 0.29) is 23.9 Å². The largest absolute Gasteiger partial charge is 0.452 e. The SMILES string of the molecule is CC(OC(=O)C1CCN(S(=O)(=O)c2ccccc2)CC1)C(=O)NCc1cccs1. The second-order valence-corrected chi connectivity index (χ2v) is 9.84. The van der Waals surface area contributed by atoms with Gasteiger partial charge in [-0.15, -0.1) is 11.3 Å². The summed E-state index contributed by atoms with van der Waals surface area (Å²) in [4.78, 5) is 25.8. The average molecular weight is 437 g/mol. The summed E-state index contributed by atoms with van der Waals surface area (Å²) in [6, 6.07) is 12.1. The molecule has 1 fully saturated rings. The number of benzene rings is 1. The highest BCUT2D eigenvalue weighted by Gasteiger charge is 2.33. The van der Waals surface area contributed by atoms with Gasteiger partial charge in [-0.2, -0.15) is 4.31 Å². The number of rotatable bonds is 7. The predicted molar refractivity (Wildman–Crippen MR) is 110 cm³/mol. The van der Waals surface area contributed by atoms with Crippen LogP contribution in [0.3, 0.4) is 0 Å². The lowest BCUT2D eigenvalue weighted by Gasteiger charge is -2.30. The first-order valence-electron chi connectivity index (χ1n) is 9.43. The van der Waals surface area contributed by atoms with Crippen LogP contribution in [0, 0.1) is 5.92 Å². The number of thiophene rings is 1. The Morgan fingerprint density at radius 2 is 1.86 bits per heavy atom. The van der Waals surface area contributed by atoms with Crippen molar-refractivity contribution in [3.05, 3.63) is 52.7 Å². The molecule has 1 saturated heterocycles. The highest BCUT2D eigenvalue weighted by atomic mass is 32.2. The van der Waals surface area contributed by atoms with Crippen molar-refractivity contribution < 1.29 is 22.7 Å². The van der Waals surface area contributed by atoms with Gasteiger partial charge >= 0.3 is 5.97 Å². The number of esters is 1. The van der Waals surface area contributed by atoms with Gasteiger partial charge in [-0.3, -0.25) is 9.59 Å². The summed E-state index contributed by atoms with van der Waals surface area (Å²) in [7, 11) is -3.56. The van der Waals surface area contributed by atoms with E-state index in [2.05, 4.69) is 5.32 Å². The van der Waals surface area contributed by atoms with E-state index < -0.39 is 28.0 Å². The maximum atomic E-state index is 12.7. The van der Waals surface area contributed by atoms with Gasteiger partial charge in [-0.1, -0.05) is 24.3 Å². The smallest absolute Gasteiger partial charge is 0.309 e. The minimum Gasteiger partial charge on any atom is -0.452 e. The number of piperidine rings is 1. The number of ether oxygens (including phenoxy) is 1. The van der Waals surface area contributed by atoms with E-state index in [1.54, 1.807) is 30.3 Å². The lowest BCUT2D eigenvalue weighted by Crippen LogP contribution is -2.42. The van der Waals surface area contributed by atoms with E-state index in [1.165, 1.54) is 22.6 Å². The molecule has 1 amide bonds. The third-order valence-electron chi connectivity index (χ3n) is 4.85. The molecule has 7 nitrogen and oxygen atoms in total. The molecule has 1 unspecified atom stereocenters. The van der Waals surface area contributed by atoms with Crippen LogP contribution in [0.5, 0.6) is 0 Å². The average Bonchev–Trinajstić information content (AvgIpc) is 3.26. The molecule has 0 radical (unpaired) electrons. The minimum atomic E-state index is -3.56. The molecule has 0 spiro atoms. The van der Waals surface area contributed by atoms with Gasteiger partial charge in [0.1, 0.15) is 0 Å². The zero-order chi connectivity index (χ0) is 20.9. The Balaban J connectivity index is 1.47. The number of amides is 1. The number of hydrogen-bond acceptors (Lipinski definition) is 6. The molecule has 29 heavy (non-hydrogen) atoms. The predicted octanol–water partition coefficient (Wildman–Crippen LogP) is 2.40. The summed E-state index contributed by atoms with van der Waals surface area (Å²) in [5, 5.41) is 4.67. The Hall–Kier alpha value is -2.23. The van der Waals surface area contributed by atoms with E-state index in [4.69, 9.17) is 4.74 Å². The van der Waals surface area contributed by atoms with Gasteiger partial charge in [0, 0.05) is 18.0 Å². The van der Waals surface area contributed by atoms with E-state index in [0.717, 1.165) is 4.88 Å². The molecule has 9 heteroatoms. The molecule has 0 aliphatic carbocycles. The zero-order valence-corrected chi connectivity index (χ0v) is 17.7. The van der Waals surface area contributed by atoms with Crippen LogP contribution in [0.1, 0.15) is 24.6 Å². The molecule has 1 aliphatic heterocycles. The van der Waals surface area contributed by atoms with Crippen LogP contribution in [-0.2, 0) is 30.9 Å². The molecule has 1 aliphatic rings. The first kappa shape index (κ1) is 21.5. The molecular weight excluding hydrogens is 412 g/mol. The van der Waals surface area contributed by atoms with Crippen molar-refractivity contribution in [1.82, 2.24) is 9.62 Å². The molecule has 1 aromatic heterocycles. The molecule has 3 rings (SSSR count). The van der Waals surface area contributed by atoms with Crippen LogP contribution in [-0.4, -0.2) is 43.8 Å². The van der Waals surface area contributed by atoms with Crippen LogP contribution < -0.4 is 5.32 Å². The first-order chi connectivity index (χ1) is 13.9. The lowest BCUT2D eigenvalue weighted by atomic mass is 9.98. The topological polar surface area (TPSA) is 92.8 Å². The van der Waals surface area contributed by atoms with Crippen molar-refractivity contribution in [3.8, 4) is 0 Å². The van der Waals surface area contributed by atoms with Crippen molar-refractivity contribution >= 4 is 33.2 Å². The summed E-state index contributed by atoms with van der Waals surface area (Å²) in [6.07, 6.45) is -0.156. The van der Waals surface area contributed by atoms with Crippen LogP contribution in [0.15, 0.2) is 52.7 Å². The Kier molecular flexibility index (Phi) is 7.05. The number of nitrogens with one attached hydrogen (secondary N) is 1. The van der Waals surface area contributed by atoms with Crippen molar-refractivity contribution in [3.63, 3.8) is 0 Å². The van der Waals surface area contributed by atoms with Crippen molar-refractivity contribution in [2.75, 3.05) is 13.1 Å². The summed E-state index contributed by atoms with van der Waals surface area (Å²) in [5.41, 5.74) is 0. The van der Waals surface area contributed by atoms with E-state index in [0.29, 0.717) is 19.4 Å².